The molecule has 0 aliphatic rings. The standard InChI is InChI=1S/C14H16FN3O3/c1-8-12(14(20)21-2)13(16)18(17-8)7-11(19)9-4-3-5-10(15)6-9/h3-6,11,19H,7,16H2,1-2H3. The third-order valence-corrected chi connectivity index (χ3v) is 3.14. The lowest BCUT2D eigenvalue weighted by molar-refractivity contribution is 0.0601. The zero-order valence-corrected chi connectivity index (χ0v) is 11.7. The molecule has 0 fully saturated rings. The van der Waals surface area contributed by atoms with E-state index in [1.807, 2.05) is 0 Å². The molecule has 0 saturated carbocycles. The molecule has 0 aliphatic carbocycles. The number of halogens is 1. The van der Waals surface area contributed by atoms with Crippen LogP contribution in [-0.4, -0.2) is 28.0 Å². The Hall–Kier alpha value is -2.41. The normalized spacial score (nSPS) is 12.2. The number of methoxy groups -OCH3 is 1. The van der Waals surface area contributed by atoms with Gasteiger partial charge in [0.15, 0.2) is 0 Å². The smallest absolute Gasteiger partial charge is 0.343 e. The highest BCUT2D eigenvalue weighted by Gasteiger charge is 2.21. The second-order valence-corrected chi connectivity index (χ2v) is 4.59. The number of nitrogen functional groups attached to an aromatic ring is 1. The number of esters is 1. The number of ether oxygens (including phenoxy) is 1. The Bertz CT molecular complexity index is 669. The highest BCUT2D eigenvalue weighted by molar-refractivity contribution is 5.95. The number of anilines is 1. The Kier molecular flexibility index (Phi) is 4.23. The largest absolute Gasteiger partial charge is 0.465 e. The summed E-state index contributed by atoms with van der Waals surface area (Å²) in [5.74, 6) is -0.919. The molecule has 1 unspecified atom stereocenters. The number of rotatable bonds is 4. The second-order valence-electron chi connectivity index (χ2n) is 4.59. The van der Waals surface area contributed by atoms with Crippen molar-refractivity contribution in [1.29, 1.82) is 0 Å². The summed E-state index contributed by atoms with van der Waals surface area (Å²) < 4.78 is 19.1. The molecule has 0 saturated heterocycles. The highest BCUT2D eigenvalue weighted by atomic mass is 19.1. The summed E-state index contributed by atoms with van der Waals surface area (Å²) >= 11 is 0. The van der Waals surface area contributed by atoms with Gasteiger partial charge >= 0.3 is 5.97 Å². The van der Waals surface area contributed by atoms with Crippen LogP contribution in [-0.2, 0) is 11.3 Å². The van der Waals surface area contributed by atoms with Crippen molar-refractivity contribution in [3.63, 3.8) is 0 Å². The lowest BCUT2D eigenvalue weighted by Gasteiger charge is -2.12. The first kappa shape index (κ1) is 15.0. The fourth-order valence-electron chi connectivity index (χ4n) is 2.08. The van der Waals surface area contributed by atoms with Gasteiger partial charge in [0, 0.05) is 0 Å². The third kappa shape index (κ3) is 3.03. The first-order valence-corrected chi connectivity index (χ1v) is 6.28. The van der Waals surface area contributed by atoms with Gasteiger partial charge in [-0.1, -0.05) is 12.1 Å². The molecule has 21 heavy (non-hydrogen) atoms. The number of aromatic nitrogens is 2. The number of nitrogens with two attached hydrogens (primary N) is 1. The Labute approximate surface area is 120 Å². The van der Waals surface area contributed by atoms with E-state index in [0.29, 0.717) is 11.3 Å². The molecule has 3 N–H and O–H groups in total. The van der Waals surface area contributed by atoms with Crippen LogP contribution in [0.1, 0.15) is 27.7 Å². The molecule has 0 amide bonds. The number of aryl methyl sites for hydroxylation is 1. The van der Waals surface area contributed by atoms with Crippen molar-refractivity contribution in [1.82, 2.24) is 9.78 Å². The molecule has 2 rings (SSSR count). The summed E-state index contributed by atoms with van der Waals surface area (Å²) in [4.78, 5) is 11.6. The van der Waals surface area contributed by atoms with E-state index in [-0.39, 0.29) is 17.9 Å². The Morgan fingerprint density at radius 2 is 2.29 bits per heavy atom. The summed E-state index contributed by atoms with van der Waals surface area (Å²) in [6.07, 6.45) is -0.993. The number of hydrogen-bond acceptors (Lipinski definition) is 5. The monoisotopic (exact) mass is 293 g/mol. The van der Waals surface area contributed by atoms with Gasteiger partial charge in [-0.3, -0.25) is 0 Å². The number of aliphatic hydroxyl groups is 1. The maximum absolute atomic E-state index is 13.1. The number of aliphatic hydroxyl groups excluding tert-OH is 1. The van der Waals surface area contributed by atoms with Crippen LogP contribution in [0, 0.1) is 12.7 Å². The van der Waals surface area contributed by atoms with Crippen LogP contribution in [0.5, 0.6) is 0 Å². The van der Waals surface area contributed by atoms with Crippen molar-refractivity contribution in [3.05, 3.63) is 46.9 Å². The number of hydrogen-bond donors (Lipinski definition) is 2. The molecule has 1 atom stereocenters. The molecule has 7 heteroatoms. The first-order chi connectivity index (χ1) is 9.93. The van der Waals surface area contributed by atoms with Crippen molar-refractivity contribution in [2.75, 3.05) is 12.8 Å². The number of benzene rings is 1. The van der Waals surface area contributed by atoms with Crippen LogP contribution in [0.25, 0.3) is 0 Å². The summed E-state index contributed by atoms with van der Waals surface area (Å²) in [6, 6.07) is 5.63. The van der Waals surface area contributed by atoms with Gasteiger partial charge in [-0.05, 0) is 24.6 Å². The molecular formula is C14H16FN3O3. The van der Waals surface area contributed by atoms with E-state index in [1.165, 1.54) is 30.0 Å². The Balaban J connectivity index is 2.26. The molecular weight excluding hydrogens is 277 g/mol. The van der Waals surface area contributed by atoms with Gasteiger partial charge in [0.2, 0.25) is 0 Å². The molecule has 6 nitrogen and oxygen atoms in total. The van der Waals surface area contributed by atoms with Gasteiger partial charge in [-0.25, -0.2) is 13.9 Å². The number of carbonyl (C=O) groups excluding carboxylic acids is 1. The van der Waals surface area contributed by atoms with Crippen molar-refractivity contribution in [2.24, 2.45) is 0 Å². The zero-order valence-electron chi connectivity index (χ0n) is 11.7. The van der Waals surface area contributed by atoms with Crippen molar-refractivity contribution in [2.45, 2.75) is 19.6 Å². The van der Waals surface area contributed by atoms with Gasteiger partial charge in [-0.15, -0.1) is 0 Å². The fourth-order valence-corrected chi connectivity index (χ4v) is 2.08. The van der Waals surface area contributed by atoms with Gasteiger partial charge in [-0.2, -0.15) is 5.10 Å². The second kappa shape index (κ2) is 5.92. The Morgan fingerprint density at radius 3 is 2.90 bits per heavy atom. The minimum Gasteiger partial charge on any atom is -0.465 e. The van der Waals surface area contributed by atoms with Crippen LogP contribution in [0.2, 0.25) is 0 Å². The minimum atomic E-state index is -0.993. The van der Waals surface area contributed by atoms with Gasteiger partial charge < -0.3 is 15.6 Å². The maximum Gasteiger partial charge on any atom is 0.343 e. The van der Waals surface area contributed by atoms with Crippen LogP contribution in [0.15, 0.2) is 24.3 Å². The molecule has 0 aliphatic heterocycles. The van der Waals surface area contributed by atoms with Crippen LogP contribution >= 0.6 is 0 Å². The summed E-state index contributed by atoms with van der Waals surface area (Å²) in [5, 5.41) is 14.2. The molecule has 0 bridgehead atoms. The quantitative estimate of drug-likeness (QED) is 0.832. The van der Waals surface area contributed by atoms with E-state index < -0.39 is 17.9 Å². The molecule has 112 valence electrons. The summed E-state index contributed by atoms with van der Waals surface area (Å²) in [5.41, 5.74) is 6.83. The molecule has 0 radical (unpaired) electrons. The number of nitrogens with zero attached hydrogens (tertiary/aromatic N) is 2. The highest BCUT2D eigenvalue weighted by Crippen LogP contribution is 2.21. The Morgan fingerprint density at radius 1 is 1.57 bits per heavy atom. The molecule has 0 spiro atoms. The predicted octanol–water partition coefficient (Wildman–Crippen LogP) is 1.43. The third-order valence-electron chi connectivity index (χ3n) is 3.14. The maximum atomic E-state index is 13.1. The van der Waals surface area contributed by atoms with Crippen LogP contribution in [0.3, 0.4) is 0 Å². The van der Waals surface area contributed by atoms with Crippen molar-refractivity contribution >= 4 is 11.8 Å². The summed E-state index contributed by atoms with van der Waals surface area (Å²) in [6.45, 7) is 1.63. The fraction of sp³-hybridized carbons (Fsp3) is 0.286. The van der Waals surface area contributed by atoms with Crippen LogP contribution in [0.4, 0.5) is 10.2 Å². The van der Waals surface area contributed by atoms with E-state index in [2.05, 4.69) is 9.84 Å². The first-order valence-electron chi connectivity index (χ1n) is 6.28. The van der Waals surface area contributed by atoms with E-state index in [1.54, 1.807) is 13.0 Å². The van der Waals surface area contributed by atoms with Gasteiger partial charge in [0.05, 0.1) is 25.5 Å². The lowest BCUT2D eigenvalue weighted by Crippen LogP contribution is -2.13. The predicted molar refractivity (Wildman–Crippen MR) is 74.1 cm³/mol. The molecule has 2 aromatic rings. The molecule has 1 aromatic carbocycles. The SMILES string of the molecule is COC(=O)c1c(C)nn(CC(O)c2cccc(F)c2)c1N. The van der Waals surface area contributed by atoms with E-state index >= 15 is 0 Å². The van der Waals surface area contributed by atoms with Gasteiger partial charge in [0.1, 0.15) is 17.2 Å². The molecule has 1 aromatic heterocycles. The van der Waals surface area contributed by atoms with Crippen molar-refractivity contribution in [3.8, 4) is 0 Å². The average Bonchev–Trinajstić information content (AvgIpc) is 2.72. The lowest BCUT2D eigenvalue weighted by atomic mass is 10.1. The minimum absolute atomic E-state index is 0.00706. The van der Waals surface area contributed by atoms with Crippen molar-refractivity contribution < 1.29 is 19.0 Å². The van der Waals surface area contributed by atoms with Crippen LogP contribution < -0.4 is 5.73 Å². The van der Waals surface area contributed by atoms with E-state index in [4.69, 9.17) is 5.73 Å². The average molecular weight is 293 g/mol. The van der Waals surface area contributed by atoms with E-state index in [0.717, 1.165) is 0 Å². The van der Waals surface area contributed by atoms with Gasteiger partial charge in [0.25, 0.3) is 0 Å². The zero-order chi connectivity index (χ0) is 15.6. The molecule has 1 heterocycles. The number of carbonyl (C=O) groups is 1. The van der Waals surface area contributed by atoms with E-state index in [9.17, 15) is 14.3 Å². The summed E-state index contributed by atoms with van der Waals surface area (Å²) in [7, 11) is 1.25. The topological polar surface area (TPSA) is 90.4 Å².